The van der Waals surface area contributed by atoms with Gasteiger partial charge in [0.25, 0.3) is 5.91 Å². The lowest BCUT2D eigenvalue weighted by Gasteiger charge is -2.25. The lowest BCUT2D eigenvalue weighted by Crippen LogP contribution is -2.42. The van der Waals surface area contributed by atoms with Gasteiger partial charge < -0.3 is 10.6 Å². The van der Waals surface area contributed by atoms with Crippen LogP contribution >= 0.6 is 0 Å². The van der Waals surface area contributed by atoms with E-state index >= 15 is 0 Å². The normalized spacial score (nSPS) is 12.1. The smallest absolute Gasteiger partial charge is 0.385 e. The highest BCUT2D eigenvalue weighted by atomic mass is 19.4. The highest BCUT2D eigenvalue weighted by molar-refractivity contribution is 5.95. The van der Waals surface area contributed by atoms with E-state index in [-0.39, 0.29) is 11.3 Å². The van der Waals surface area contributed by atoms with Gasteiger partial charge in [-0.2, -0.15) is 13.2 Å². The molecule has 0 aromatic heterocycles. The Morgan fingerprint density at radius 3 is 2.29 bits per heavy atom. The average Bonchev–Trinajstić information content (AvgIpc) is 2.37. The molecule has 0 aliphatic rings. The molecule has 0 aliphatic carbocycles. The zero-order chi connectivity index (χ0) is 16.3. The molecule has 1 amide bonds. The van der Waals surface area contributed by atoms with Crippen LogP contribution in [0, 0.1) is 0 Å². The maximum absolute atomic E-state index is 13.0. The van der Waals surface area contributed by atoms with Crippen molar-refractivity contribution in [3.8, 4) is 0 Å². The van der Waals surface area contributed by atoms with Gasteiger partial charge in [0.1, 0.15) is 0 Å². The lowest BCUT2D eigenvalue weighted by molar-refractivity contribution is -0.137. The van der Waals surface area contributed by atoms with E-state index in [1.165, 1.54) is 12.1 Å². The first-order valence-corrected chi connectivity index (χ1v) is 6.88. The van der Waals surface area contributed by atoms with Gasteiger partial charge in [0.2, 0.25) is 0 Å². The van der Waals surface area contributed by atoms with Gasteiger partial charge in [-0.3, -0.25) is 4.79 Å². The van der Waals surface area contributed by atoms with E-state index in [4.69, 9.17) is 0 Å². The number of alkyl halides is 3. The van der Waals surface area contributed by atoms with Gasteiger partial charge in [0.15, 0.2) is 0 Å². The van der Waals surface area contributed by atoms with E-state index in [0.29, 0.717) is 13.0 Å². The number of halogens is 3. The van der Waals surface area contributed by atoms with Gasteiger partial charge in [-0.1, -0.05) is 6.92 Å². The van der Waals surface area contributed by atoms with Crippen LogP contribution in [-0.2, 0) is 6.18 Å². The van der Waals surface area contributed by atoms with Gasteiger partial charge in [0, 0.05) is 23.3 Å². The first-order chi connectivity index (χ1) is 9.60. The number of hydrogen-bond acceptors (Lipinski definition) is 2. The Labute approximate surface area is 122 Å². The number of anilines is 1. The monoisotopic (exact) mass is 302 g/mol. The summed E-state index contributed by atoms with van der Waals surface area (Å²) in [6.07, 6.45) is -3.82. The minimum atomic E-state index is -4.51. The van der Waals surface area contributed by atoms with E-state index in [9.17, 15) is 18.0 Å². The number of nitrogens with one attached hydrogen (secondary N) is 2. The molecule has 1 rings (SSSR count). The van der Waals surface area contributed by atoms with Crippen LogP contribution in [0.1, 0.15) is 50.0 Å². The highest BCUT2D eigenvalue weighted by Crippen LogP contribution is 2.35. The zero-order valence-corrected chi connectivity index (χ0v) is 12.7. The Kier molecular flexibility index (Phi) is 5.25. The van der Waals surface area contributed by atoms with E-state index < -0.39 is 23.2 Å². The van der Waals surface area contributed by atoms with Crippen molar-refractivity contribution < 1.29 is 18.0 Å². The molecule has 0 atom stereocenters. The summed E-state index contributed by atoms with van der Waals surface area (Å²) in [5.41, 5.74) is -1.30. The van der Waals surface area contributed by atoms with Gasteiger partial charge in [0.05, 0.1) is 5.56 Å². The van der Waals surface area contributed by atoms with Crippen LogP contribution in [0.15, 0.2) is 18.2 Å². The minimum Gasteiger partial charge on any atom is -0.385 e. The third kappa shape index (κ3) is 4.65. The molecule has 118 valence electrons. The molecule has 2 N–H and O–H groups in total. The molecule has 1 aromatic rings. The average molecular weight is 302 g/mol. The second kappa shape index (κ2) is 6.37. The van der Waals surface area contributed by atoms with Crippen LogP contribution in [-0.4, -0.2) is 18.0 Å². The standard InChI is InChI=1S/C15H21F3N2O/c1-5-14(3,4)20-13(21)10-7-8-12(19-6-2)11(9-10)15(16,17)18/h7-9,19H,5-6H2,1-4H3,(H,20,21). The summed E-state index contributed by atoms with van der Waals surface area (Å²) < 4.78 is 39.1. The van der Waals surface area contributed by atoms with Crippen molar-refractivity contribution in [1.82, 2.24) is 5.32 Å². The predicted molar refractivity (Wildman–Crippen MR) is 77.4 cm³/mol. The fraction of sp³-hybridized carbons (Fsp3) is 0.533. The summed E-state index contributed by atoms with van der Waals surface area (Å²) in [6, 6.07) is 3.58. The second-order valence-corrected chi connectivity index (χ2v) is 5.48. The molecule has 0 heterocycles. The summed E-state index contributed by atoms with van der Waals surface area (Å²) in [5.74, 6) is -0.504. The van der Waals surface area contributed by atoms with Crippen LogP contribution in [0.5, 0.6) is 0 Å². The number of carbonyl (C=O) groups excluding carboxylic acids is 1. The maximum Gasteiger partial charge on any atom is 0.418 e. The lowest BCUT2D eigenvalue weighted by atomic mass is 10.0. The van der Waals surface area contributed by atoms with Crippen molar-refractivity contribution in [3.63, 3.8) is 0 Å². The van der Waals surface area contributed by atoms with E-state index in [0.717, 1.165) is 6.07 Å². The molecule has 0 fully saturated rings. The first-order valence-electron chi connectivity index (χ1n) is 6.88. The van der Waals surface area contributed by atoms with Crippen LogP contribution in [0.3, 0.4) is 0 Å². The van der Waals surface area contributed by atoms with E-state index in [1.807, 2.05) is 20.8 Å². The number of hydrogen-bond donors (Lipinski definition) is 2. The van der Waals surface area contributed by atoms with Gasteiger partial charge in [-0.15, -0.1) is 0 Å². The fourth-order valence-corrected chi connectivity index (χ4v) is 1.73. The van der Waals surface area contributed by atoms with Crippen LogP contribution in [0.25, 0.3) is 0 Å². The molecule has 0 bridgehead atoms. The summed E-state index contributed by atoms with van der Waals surface area (Å²) >= 11 is 0. The summed E-state index contributed by atoms with van der Waals surface area (Å²) in [4.78, 5) is 12.1. The molecule has 1 aromatic carbocycles. The van der Waals surface area contributed by atoms with Gasteiger partial charge >= 0.3 is 6.18 Å². The van der Waals surface area contributed by atoms with Crippen molar-refractivity contribution in [3.05, 3.63) is 29.3 Å². The molecule has 21 heavy (non-hydrogen) atoms. The summed E-state index contributed by atoms with van der Waals surface area (Å²) in [6.45, 7) is 7.63. The Balaban J connectivity index is 3.13. The Hall–Kier alpha value is -1.72. The first kappa shape index (κ1) is 17.3. The van der Waals surface area contributed by atoms with Crippen molar-refractivity contribution in [2.75, 3.05) is 11.9 Å². The molecule has 0 saturated carbocycles. The maximum atomic E-state index is 13.0. The van der Waals surface area contributed by atoms with Crippen LogP contribution in [0.4, 0.5) is 18.9 Å². The third-order valence-corrected chi connectivity index (χ3v) is 3.29. The zero-order valence-electron chi connectivity index (χ0n) is 12.7. The Morgan fingerprint density at radius 2 is 1.81 bits per heavy atom. The van der Waals surface area contributed by atoms with E-state index in [2.05, 4.69) is 10.6 Å². The molecule has 0 radical (unpaired) electrons. The molecule has 0 unspecified atom stereocenters. The minimum absolute atomic E-state index is 0.00510. The number of rotatable bonds is 5. The number of amides is 1. The van der Waals surface area contributed by atoms with Crippen molar-refractivity contribution in [1.29, 1.82) is 0 Å². The molecule has 3 nitrogen and oxygen atoms in total. The Bertz CT molecular complexity index is 510. The predicted octanol–water partition coefficient (Wildman–Crippen LogP) is 4.06. The molecule has 0 saturated heterocycles. The van der Waals surface area contributed by atoms with Crippen molar-refractivity contribution in [2.45, 2.75) is 45.8 Å². The molecule has 0 aliphatic heterocycles. The number of benzene rings is 1. The van der Waals surface area contributed by atoms with Crippen LogP contribution < -0.4 is 10.6 Å². The SMILES string of the molecule is CCNc1ccc(C(=O)NC(C)(C)CC)cc1C(F)(F)F. The molecule has 6 heteroatoms. The quantitative estimate of drug-likeness (QED) is 0.861. The fourth-order valence-electron chi connectivity index (χ4n) is 1.73. The third-order valence-electron chi connectivity index (χ3n) is 3.29. The highest BCUT2D eigenvalue weighted by Gasteiger charge is 2.34. The largest absolute Gasteiger partial charge is 0.418 e. The second-order valence-electron chi connectivity index (χ2n) is 5.48. The summed E-state index contributed by atoms with van der Waals surface area (Å²) in [5, 5.41) is 5.38. The Morgan fingerprint density at radius 1 is 1.19 bits per heavy atom. The van der Waals surface area contributed by atoms with Crippen molar-refractivity contribution >= 4 is 11.6 Å². The number of carbonyl (C=O) groups is 1. The topological polar surface area (TPSA) is 41.1 Å². The molecular weight excluding hydrogens is 281 g/mol. The van der Waals surface area contributed by atoms with Crippen LogP contribution in [0.2, 0.25) is 0 Å². The van der Waals surface area contributed by atoms with Gasteiger partial charge in [-0.05, 0) is 45.4 Å². The van der Waals surface area contributed by atoms with E-state index in [1.54, 1.807) is 6.92 Å². The molecular formula is C15H21F3N2O. The molecule has 0 spiro atoms. The summed E-state index contributed by atoms with van der Waals surface area (Å²) in [7, 11) is 0. The van der Waals surface area contributed by atoms with Crippen molar-refractivity contribution in [2.24, 2.45) is 0 Å². The van der Waals surface area contributed by atoms with Gasteiger partial charge in [-0.25, -0.2) is 0 Å².